The molecule has 3 aromatic rings. The molecule has 0 unspecified atom stereocenters. The molecule has 0 saturated heterocycles. The van der Waals surface area contributed by atoms with Gasteiger partial charge in [0, 0.05) is 18.7 Å². The molecule has 0 aliphatic heterocycles. The molecule has 0 fully saturated rings. The van der Waals surface area contributed by atoms with Crippen molar-refractivity contribution in [2.24, 2.45) is 5.73 Å². The van der Waals surface area contributed by atoms with E-state index >= 15 is 0 Å². The summed E-state index contributed by atoms with van der Waals surface area (Å²) in [6, 6.07) is 23.1. The van der Waals surface area contributed by atoms with Crippen LogP contribution in [0.3, 0.4) is 0 Å². The molecule has 4 nitrogen and oxygen atoms in total. The molecule has 0 saturated carbocycles. The number of aryl methyl sites for hydroxylation is 1. The Bertz CT molecular complexity index is 870. The number of aromatic hydroxyl groups is 1. The zero-order valence-electron chi connectivity index (χ0n) is 15.2. The maximum atomic E-state index is 12.0. The maximum absolute atomic E-state index is 12.0. The van der Waals surface area contributed by atoms with Crippen LogP contribution in [0.15, 0.2) is 72.8 Å². The number of hydrogen-bond acceptors (Lipinski definition) is 3. The number of nitrogens with one attached hydrogen (secondary N) is 1. The van der Waals surface area contributed by atoms with Crippen molar-refractivity contribution in [2.45, 2.75) is 19.4 Å². The van der Waals surface area contributed by atoms with E-state index in [4.69, 9.17) is 5.73 Å². The molecule has 0 atom stereocenters. The summed E-state index contributed by atoms with van der Waals surface area (Å²) in [5.74, 6) is 0.0385. The predicted octanol–water partition coefficient (Wildman–Crippen LogP) is 3.88. The number of carbonyl (C=O) groups is 1. The molecule has 0 bridgehead atoms. The lowest BCUT2D eigenvalue weighted by atomic mass is 10.0. The van der Waals surface area contributed by atoms with Crippen molar-refractivity contribution in [3.05, 3.63) is 89.5 Å². The molecular formula is C23H24N2O2. The first-order valence-electron chi connectivity index (χ1n) is 9.11. The van der Waals surface area contributed by atoms with Crippen molar-refractivity contribution in [3.8, 4) is 16.9 Å². The van der Waals surface area contributed by atoms with Crippen molar-refractivity contribution in [1.82, 2.24) is 5.32 Å². The average Bonchev–Trinajstić information content (AvgIpc) is 2.72. The van der Waals surface area contributed by atoms with Crippen LogP contribution < -0.4 is 11.1 Å². The molecule has 0 heterocycles. The van der Waals surface area contributed by atoms with E-state index < -0.39 is 0 Å². The molecule has 0 aliphatic rings. The lowest BCUT2D eigenvalue weighted by Crippen LogP contribution is -2.24. The van der Waals surface area contributed by atoms with Crippen molar-refractivity contribution in [3.63, 3.8) is 0 Å². The zero-order valence-corrected chi connectivity index (χ0v) is 15.2. The first-order chi connectivity index (χ1) is 13.2. The van der Waals surface area contributed by atoms with Crippen molar-refractivity contribution < 1.29 is 9.90 Å². The van der Waals surface area contributed by atoms with Gasteiger partial charge in [0.1, 0.15) is 5.75 Å². The number of nitrogens with two attached hydrogens (primary N) is 1. The van der Waals surface area contributed by atoms with Gasteiger partial charge in [0.2, 0.25) is 0 Å². The molecule has 0 aliphatic carbocycles. The van der Waals surface area contributed by atoms with Crippen LogP contribution in [-0.4, -0.2) is 17.6 Å². The molecule has 0 aromatic heterocycles. The van der Waals surface area contributed by atoms with Gasteiger partial charge >= 0.3 is 0 Å². The van der Waals surface area contributed by atoms with Crippen LogP contribution >= 0.6 is 0 Å². The van der Waals surface area contributed by atoms with Crippen LogP contribution in [0.5, 0.6) is 5.75 Å². The number of hydrogen-bond donors (Lipinski definition) is 3. The maximum Gasteiger partial charge on any atom is 0.251 e. The fourth-order valence-electron chi connectivity index (χ4n) is 2.91. The van der Waals surface area contributed by atoms with E-state index in [0.717, 1.165) is 18.4 Å². The van der Waals surface area contributed by atoms with E-state index in [1.54, 1.807) is 12.1 Å². The SMILES string of the molecule is NCc1ccc(-c2ccc(CCCNC(=O)c3ccc(O)cc3)cc2)cc1. The summed E-state index contributed by atoms with van der Waals surface area (Å²) in [5, 5.41) is 12.2. The lowest BCUT2D eigenvalue weighted by Gasteiger charge is -2.07. The van der Waals surface area contributed by atoms with Gasteiger partial charge in [-0.3, -0.25) is 4.79 Å². The summed E-state index contributed by atoms with van der Waals surface area (Å²) >= 11 is 0. The molecule has 3 aromatic carbocycles. The Morgan fingerprint density at radius 1 is 0.815 bits per heavy atom. The number of benzene rings is 3. The molecule has 3 rings (SSSR count). The minimum Gasteiger partial charge on any atom is -0.508 e. The highest BCUT2D eigenvalue weighted by Gasteiger charge is 2.04. The Labute approximate surface area is 159 Å². The van der Waals surface area contributed by atoms with Crippen molar-refractivity contribution >= 4 is 5.91 Å². The fourth-order valence-corrected chi connectivity index (χ4v) is 2.91. The number of phenols is 1. The second-order valence-electron chi connectivity index (χ2n) is 6.50. The Kier molecular flexibility index (Phi) is 6.23. The van der Waals surface area contributed by atoms with Gasteiger partial charge in [-0.25, -0.2) is 0 Å². The van der Waals surface area contributed by atoms with E-state index in [1.165, 1.54) is 28.8 Å². The second-order valence-corrected chi connectivity index (χ2v) is 6.50. The Balaban J connectivity index is 1.47. The van der Waals surface area contributed by atoms with E-state index in [1.807, 2.05) is 0 Å². The van der Waals surface area contributed by atoms with E-state index in [-0.39, 0.29) is 11.7 Å². The number of amides is 1. The molecule has 138 valence electrons. The monoisotopic (exact) mass is 360 g/mol. The van der Waals surface area contributed by atoms with Gasteiger partial charge in [0.05, 0.1) is 0 Å². The van der Waals surface area contributed by atoms with Crippen LogP contribution in [-0.2, 0) is 13.0 Å². The fraction of sp³-hybridized carbons (Fsp3) is 0.174. The van der Waals surface area contributed by atoms with Gasteiger partial charge in [-0.2, -0.15) is 0 Å². The normalized spacial score (nSPS) is 10.6. The van der Waals surface area contributed by atoms with Gasteiger partial charge in [-0.1, -0.05) is 48.5 Å². The third kappa shape index (κ3) is 5.19. The van der Waals surface area contributed by atoms with E-state index in [9.17, 15) is 9.90 Å². The van der Waals surface area contributed by atoms with E-state index in [0.29, 0.717) is 18.7 Å². The highest BCUT2D eigenvalue weighted by atomic mass is 16.3. The summed E-state index contributed by atoms with van der Waals surface area (Å²) in [4.78, 5) is 12.0. The molecule has 0 radical (unpaired) electrons. The highest BCUT2D eigenvalue weighted by molar-refractivity contribution is 5.94. The average molecular weight is 360 g/mol. The lowest BCUT2D eigenvalue weighted by molar-refractivity contribution is 0.0953. The summed E-state index contributed by atoms with van der Waals surface area (Å²) in [6.45, 7) is 1.17. The number of rotatable bonds is 7. The summed E-state index contributed by atoms with van der Waals surface area (Å²) in [6.07, 6.45) is 1.77. The second kappa shape index (κ2) is 9.01. The molecule has 4 N–H and O–H groups in total. The van der Waals surface area contributed by atoms with Gasteiger partial charge in [-0.05, 0) is 59.4 Å². The van der Waals surface area contributed by atoms with Gasteiger partial charge in [-0.15, -0.1) is 0 Å². The van der Waals surface area contributed by atoms with Gasteiger partial charge < -0.3 is 16.2 Å². The van der Waals surface area contributed by atoms with E-state index in [2.05, 4.69) is 53.8 Å². The van der Waals surface area contributed by atoms with Crippen molar-refractivity contribution in [1.29, 1.82) is 0 Å². The minimum absolute atomic E-state index is 0.119. The Hall–Kier alpha value is -3.11. The van der Waals surface area contributed by atoms with Gasteiger partial charge in [0.25, 0.3) is 5.91 Å². The summed E-state index contributed by atoms with van der Waals surface area (Å²) < 4.78 is 0. The smallest absolute Gasteiger partial charge is 0.251 e. The highest BCUT2D eigenvalue weighted by Crippen LogP contribution is 2.20. The summed E-state index contributed by atoms with van der Waals surface area (Å²) in [7, 11) is 0. The largest absolute Gasteiger partial charge is 0.508 e. The van der Waals surface area contributed by atoms with Crippen molar-refractivity contribution in [2.75, 3.05) is 6.54 Å². The minimum atomic E-state index is -0.119. The van der Waals surface area contributed by atoms with Gasteiger partial charge in [0.15, 0.2) is 0 Å². The summed E-state index contributed by atoms with van der Waals surface area (Å²) in [5.41, 5.74) is 10.9. The first kappa shape index (κ1) is 18.7. The van der Waals surface area contributed by atoms with Crippen LogP contribution in [0.2, 0.25) is 0 Å². The zero-order chi connectivity index (χ0) is 19.1. The van der Waals surface area contributed by atoms with Crippen LogP contribution in [0.4, 0.5) is 0 Å². The Morgan fingerprint density at radius 2 is 1.37 bits per heavy atom. The number of carbonyl (C=O) groups excluding carboxylic acids is 1. The predicted molar refractivity (Wildman–Crippen MR) is 109 cm³/mol. The third-order valence-electron chi connectivity index (χ3n) is 4.53. The molecule has 4 heteroatoms. The number of phenolic OH excluding ortho intramolecular Hbond substituents is 1. The first-order valence-corrected chi connectivity index (χ1v) is 9.11. The van der Waals surface area contributed by atoms with Crippen LogP contribution in [0.1, 0.15) is 27.9 Å². The molecule has 0 spiro atoms. The van der Waals surface area contributed by atoms with Crippen LogP contribution in [0.25, 0.3) is 11.1 Å². The third-order valence-corrected chi connectivity index (χ3v) is 4.53. The quantitative estimate of drug-likeness (QED) is 0.560. The molecular weight excluding hydrogens is 336 g/mol. The van der Waals surface area contributed by atoms with Crippen LogP contribution in [0, 0.1) is 0 Å². The standard InChI is InChI=1S/C23H24N2O2/c24-16-18-5-9-20(10-6-18)19-7-3-17(4-8-19)2-1-15-25-23(27)21-11-13-22(26)14-12-21/h3-14,26H,1-2,15-16,24H2,(H,25,27). The Morgan fingerprint density at radius 3 is 1.93 bits per heavy atom. The topological polar surface area (TPSA) is 75.3 Å². The molecule has 1 amide bonds. The molecule has 27 heavy (non-hydrogen) atoms.